The van der Waals surface area contributed by atoms with Crippen molar-refractivity contribution in [1.29, 1.82) is 0 Å². The maximum Gasteiger partial charge on any atom is 0.0896 e. The molecule has 0 bridgehead atoms. The third-order valence-electron chi connectivity index (χ3n) is 4.92. The van der Waals surface area contributed by atoms with E-state index in [2.05, 4.69) is 18.7 Å². The molecule has 2 unspecified atom stereocenters. The van der Waals surface area contributed by atoms with Crippen LogP contribution < -0.4 is 0 Å². The molecule has 112 valence electrons. The van der Waals surface area contributed by atoms with Crippen LogP contribution in [-0.4, -0.2) is 46.9 Å². The molecule has 2 saturated heterocycles. The monoisotopic (exact) mass is 269 g/mol. The number of rotatable bonds is 2. The zero-order valence-corrected chi connectivity index (χ0v) is 13.1. The van der Waals surface area contributed by atoms with Gasteiger partial charge in [0.05, 0.1) is 17.3 Å². The van der Waals surface area contributed by atoms with Gasteiger partial charge in [0.2, 0.25) is 0 Å². The summed E-state index contributed by atoms with van der Waals surface area (Å²) in [7, 11) is 0. The Morgan fingerprint density at radius 3 is 1.95 bits per heavy atom. The minimum atomic E-state index is -0.420. The molecule has 2 aliphatic rings. The van der Waals surface area contributed by atoms with Gasteiger partial charge in [-0.05, 0) is 53.6 Å². The molecule has 19 heavy (non-hydrogen) atoms. The van der Waals surface area contributed by atoms with Crippen LogP contribution in [0.1, 0.15) is 59.8 Å². The molecule has 0 aromatic carbocycles. The van der Waals surface area contributed by atoms with Crippen molar-refractivity contribution in [3.8, 4) is 0 Å². The van der Waals surface area contributed by atoms with Crippen molar-refractivity contribution in [2.45, 2.75) is 77.1 Å². The third-order valence-corrected chi connectivity index (χ3v) is 4.92. The molecule has 0 spiro atoms. The molecule has 0 aromatic heterocycles. The Labute approximate surface area is 118 Å². The average molecular weight is 269 g/mol. The van der Waals surface area contributed by atoms with Crippen LogP contribution in [0.15, 0.2) is 0 Å². The van der Waals surface area contributed by atoms with Crippen LogP contribution in [0.4, 0.5) is 0 Å². The molecule has 2 rings (SSSR count). The van der Waals surface area contributed by atoms with Crippen molar-refractivity contribution in [3.05, 3.63) is 0 Å². The number of nitrogens with zero attached hydrogens (tertiary/aromatic N) is 1. The molecule has 2 atom stereocenters. The second-order valence-corrected chi connectivity index (χ2v) is 7.43. The Kier molecular flexibility index (Phi) is 4.59. The van der Waals surface area contributed by atoms with Gasteiger partial charge in [-0.2, -0.15) is 0 Å². The Morgan fingerprint density at radius 2 is 1.47 bits per heavy atom. The standard InChI is InChI=1S/C16H31NO2/c1-15(2)13(14(18)16(3,4)19-15)12-17-10-8-6-5-7-9-11-17/h13-14,18H,5-12H2,1-4H3. The summed E-state index contributed by atoms with van der Waals surface area (Å²) < 4.78 is 6.08. The fourth-order valence-corrected chi connectivity index (χ4v) is 3.77. The normalized spacial score (nSPS) is 35.8. The SMILES string of the molecule is CC1(C)OC(C)(C)C(CN2CCCCCCC2)C1O. The lowest BCUT2D eigenvalue weighted by atomic mass is 9.84. The number of ether oxygens (including phenoxy) is 1. The van der Waals surface area contributed by atoms with Gasteiger partial charge in [-0.3, -0.25) is 0 Å². The van der Waals surface area contributed by atoms with Gasteiger partial charge in [-0.25, -0.2) is 0 Å². The van der Waals surface area contributed by atoms with Gasteiger partial charge in [0.1, 0.15) is 0 Å². The Morgan fingerprint density at radius 1 is 0.947 bits per heavy atom. The lowest BCUT2D eigenvalue weighted by Crippen LogP contribution is -2.44. The van der Waals surface area contributed by atoms with E-state index in [1.807, 2.05) is 13.8 Å². The summed E-state index contributed by atoms with van der Waals surface area (Å²) in [5.41, 5.74) is -0.651. The molecule has 2 heterocycles. The highest BCUT2D eigenvalue weighted by atomic mass is 16.5. The summed E-state index contributed by atoms with van der Waals surface area (Å²) in [5.74, 6) is 0.210. The topological polar surface area (TPSA) is 32.7 Å². The maximum absolute atomic E-state index is 10.6. The van der Waals surface area contributed by atoms with Gasteiger partial charge in [-0.1, -0.05) is 19.3 Å². The molecule has 2 fully saturated rings. The van der Waals surface area contributed by atoms with Gasteiger partial charge in [0, 0.05) is 12.5 Å². The van der Waals surface area contributed by atoms with E-state index in [4.69, 9.17) is 4.74 Å². The van der Waals surface area contributed by atoms with E-state index in [0.29, 0.717) is 0 Å². The van der Waals surface area contributed by atoms with Gasteiger partial charge < -0.3 is 14.7 Å². The van der Waals surface area contributed by atoms with Gasteiger partial charge in [0.15, 0.2) is 0 Å². The lowest BCUT2D eigenvalue weighted by Gasteiger charge is -2.33. The van der Waals surface area contributed by atoms with E-state index in [0.717, 1.165) is 6.54 Å². The van der Waals surface area contributed by atoms with E-state index in [-0.39, 0.29) is 17.6 Å². The fraction of sp³-hybridized carbons (Fsp3) is 1.00. The summed E-state index contributed by atoms with van der Waals surface area (Å²) in [6.07, 6.45) is 6.33. The summed E-state index contributed by atoms with van der Waals surface area (Å²) in [6.45, 7) is 11.6. The molecule has 2 aliphatic heterocycles. The molecule has 0 aliphatic carbocycles. The van der Waals surface area contributed by atoms with Crippen molar-refractivity contribution >= 4 is 0 Å². The first-order valence-electron chi connectivity index (χ1n) is 7.93. The van der Waals surface area contributed by atoms with E-state index in [1.165, 1.54) is 45.2 Å². The molecule has 0 aromatic rings. The van der Waals surface area contributed by atoms with Crippen LogP contribution in [0.5, 0.6) is 0 Å². The minimum absolute atomic E-state index is 0.210. The smallest absolute Gasteiger partial charge is 0.0896 e. The van der Waals surface area contributed by atoms with E-state index in [1.54, 1.807) is 0 Å². The highest BCUT2D eigenvalue weighted by Crippen LogP contribution is 2.42. The van der Waals surface area contributed by atoms with E-state index in [9.17, 15) is 5.11 Å². The predicted molar refractivity (Wildman–Crippen MR) is 78.3 cm³/mol. The zero-order chi connectivity index (χ0) is 14.1. The molecule has 0 amide bonds. The van der Waals surface area contributed by atoms with Gasteiger partial charge in [-0.15, -0.1) is 0 Å². The third kappa shape index (κ3) is 3.50. The predicted octanol–water partition coefficient (Wildman–Crippen LogP) is 2.82. The van der Waals surface area contributed by atoms with Gasteiger partial charge >= 0.3 is 0 Å². The number of aliphatic hydroxyl groups excluding tert-OH is 1. The summed E-state index contributed by atoms with van der Waals surface area (Å²) in [5, 5.41) is 10.6. The van der Waals surface area contributed by atoms with Crippen LogP contribution >= 0.6 is 0 Å². The molecule has 0 saturated carbocycles. The van der Waals surface area contributed by atoms with E-state index < -0.39 is 5.60 Å². The Hall–Kier alpha value is -0.120. The largest absolute Gasteiger partial charge is 0.390 e. The van der Waals surface area contributed by atoms with E-state index >= 15 is 0 Å². The summed E-state index contributed by atoms with van der Waals surface area (Å²) >= 11 is 0. The van der Waals surface area contributed by atoms with Crippen molar-refractivity contribution in [1.82, 2.24) is 4.90 Å². The zero-order valence-electron chi connectivity index (χ0n) is 13.1. The number of likely N-dealkylation sites (tertiary alicyclic amines) is 1. The lowest BCUT2D eigenvalue weighted by molar-refractivity contribution is -0.0913. The minimum Gasteiger partial charge on any atom is -0.390 e. The Bertz CT molecular complexity index is 293. The van der Waals surface area contributed by atoms with Crippen LogP contribution in [0.25, 0.3) is 0 Å². The number of hydrogen-bond acceptors (Lipinski definition) is 3. The average Bonchev–Trinajstić information content (AvgIpc) is 2.39. The second kappa shape index (κ2) is 5.71. The highest BCUT2D eigenvalue weighted by molar-refractivity contribution is 5.02. The van der Waals surface area contributed by atoms with Crippen LogP contribution in [0.2, 0.25) is 0 Å². The summed E-state index contributed by atoms with van der Waals surface area (Å²) in [4.78, 5) is 2.54. The van der Waals surface area contributed by atoms with Crippen molar-refractivity contribution in [3.63, 3.8) is 0 Å². The fourth-order valence-electron chi connectivity index (χ4n) is 3.77. The van der Waals surface area contributed by atoms with Crippen LogP contribution in [0.3, 0.4) is 0 Å². The molecular weight excluding hydrogens is 238 g/mol. The maximum atomic E-state index is 10.6. The van der Waals surface area contributed by atoms with Crippen LogP contribution in [-0.2, 0) is 4.74 Å². The quantitative estimate of drug-likeness (QED) is 0.836. The van der Waals surface area contributed by atoms with Gasteiger partial charge in [0.25, 0.3) is 0 Å². The summed E-state index contributed by atoms with van der Waals surface area (Å²) in [6, 6.07) is 0. The van der Waals surface area contributed by atoms with Crippen molar-refractivity contribution < 1.29 is 9.84 Å². The first-order chi connectivity index (χ1) is 8.83. The van der Waals surface area contributed by atoms with Crippen LogP contribution in [0, 0.1) is 5.92 Å². The highest BCUT2D eigenvalue weighted by Gasteiger charge is 2.53. The molecule has 0 radical (unpaired) electrons. The van der Waals surface area contributed by atoms with Crippen molar-refractivity contribution in [2.75, 3.05) is 19.6 Å². The molecule has 1 N–H and O–H groups in total. The Balaban J connectivity index is 2.00. The molecule has 3 nitrogen and oxygen atoms in total. The number of hydrogen-bond donors (Lipinski definition) is 1. The first-order valence-corrected chi connectivity index (χ1v) is 7.93. The van der Waals surface area contributed by atoms with Crippen molar-refractivity contribution in [2.24, 2.45) is 5.92 Å². The molecule has 3 heteroatoms. The number of aliphatic hydroxyl groups is 1. The first kappa shape index (κ1) is 15.3. The molecular formula is C16H31NO2. The second-order valence-electron chi connectivity index (χ2n) is 7.43.